The average molecular weight is 520 g/mol. The average Bonchev–Trinajstić information content (AvgIpc) is 3.29. The first kappa shape index (κ1) is 28.1. The first-order chi connectivity index (χ1) is 17.3. The van der Waals surface area contributed by atoms with E-state index in [1.54, 1.807) is 12.1 Å². The van der Waals surface area contributed by atoms with Crippen LogP contribution in [0.3, 0.4) is 0 Å². The maximum Gasteiger partial charge on any atom is 0.319 e. The Kier molecular flexibility index (Phi) is 8.90. The largest absolute Gasteiger partial charge is 0.455 e. The van der Waals surface area contributed by atoms with Crippen LogP contribution in [0.15, 0.2) is 28.7 Å². The van der Waals surface area contributed by atoms with E-state index in [9.17, 15) is 23.2 Å². The van der Waals surface area contributed by atoms with Crippen LogP contribution in [-0.2, 0) is 6.54 Å². The van der Waals surface area contributed by atoms with Crippen molar-refractivity contribution in [1.29, 1.82) is 0 Å². The molecule has 0 unspecified atom stereocenters. The number of halogens is 2. The molecule has 9 nitrogen and oxygen atoms in total. The number of carbonyl (C=O) groups excluding carboxylic acids is 3. The lowest BCUT2D eigenvalue weighted by molar-refractivity contribution is 0.0612. The number of nitrogens with one attached hydrogen (secondary N) is 3. The molecule has 0 aliphatic carbocycles. The van der Waals surface area contributed by atoms with Gasteiger partial charge in [0.2, 0.25) is 0 Å². The molecule has 3 rings (SSSR count). The minimum Gasteiger partial charge on any atom is -0.455 e. The number of urea groups is 1. The van der Waals surface area contributed by atoms with Gasteiger partial charge in [-0.05, 0) is 51.0 Å². The van der Waals surface area contributed by atoms with E-state index in [1.165, 1.54) is 17.0 Å². The van der Waals surface area contributed by atoms with Crippen LogP contribution in [0, 0.1) is 17.6 Å². The van der Waals surface area contributed by atoms with Crippen molar-refractivity contribution < 1.29 is 27.6 Å². The van der Waals surface area contributed by atoms with Gasteiger partial charge in [-0.25, -0.2) is 13.6 Å². The van der Waals surface area contributed by atoms with Crippen molar-refractivity contribution in [2.75, 3.05) is 38.0 Å². The first-order valence-electron chi connectivity index (χ1n) is 12.3. The van der Waals surface area contributed by atoms with Crippen LogP contribution < -0.4 is 16.0 Å². The number of anilines is 1. The molecule has 3 N–H and O–H groups in total. The van der Waals surface area contributed by atoms with Crippen molar-refractivity contribution in [2.45, 2.75) is 46.7 Å². The van der Waals surface area contributed by atoms with E-state index in [0.717, 1.165) is 0 Å². The number of rotatable bonds is 7. The molecule has 37 heavy (non-hydrogen) atoms. The number of hydrogen-bond donors (Lipinski definition) is 3. The Morgan fingerprint density at radius 3 is 2.30 bits per heavy atom. The van der Waals surface area contributed by atoms with Gasteiger partial charge in [0.1, 0.15) is 5.76 Å². The number of amides is 4. The van der Waals surface area contributed by atoms with Gasteiger partial charge >= 0.3 is 6.03 Å². The lowest BCUT2D eigenvalue weighted by Crippen LogP contribution is -2.48. The third-order valence-electron chi connectivity index (χ3n) is 5.64. The number of furan rings is 1. The summed E-state index contributed by atoms with van der Waals surface area (Å²) in [5.74, 6) is -2.45. The minimum atomic E-state index is -1.30. The van der Waals surface area contributed by atoms with Crippen LogP contribution >= 0.6 is 0 Å². The molecule has 1 aromatic heterocycles. The summed E-state index contributed by atoms with van der Waals surface area (Å²) in [5.41, 5.74) is -1.11. The lowest BCUT2D eigenvalue weighted by atomic mass is 10.1. The van der Waals surface area contributed by atoms with Crippen molar-refractivity contribution >= 4 is 23.5 Å². The minimum absolute atomic E-state index is 0.198. The summed E-state index contributed by atoms with van der Waals surface area (Å²) in [6, 6.07) is 5.08. The molecule has 1 aliphatic heterocycles. The number of piperazine rings is 1. The molecule has 0 spiro atoms. The highest BCUT2D eigenvalue weighted by molar-refractivity contribution is 5.96. The molecule has 0 bridgehead atoms. The summed E-state index contributed by atoms with van der Waals surface area (Å²) < 4.78 is 35.0. The van der Waals surface area contributed by atoms with Crippen molar-refractivity contribution in [2.24, 2.45) is 5.92 Å². The second-order valence-electron chi connectivity index (χ2n) is 10.6. The molecule has 1 aliphatic rings. The molecule has 0 saturated carbocycles. The van der Waals surface area contributed by atoms with Gasteiger partial charge in [0.25, 0.3) is 11.8 Å². The van der Waals surface area contributed by atoms with E-state index in [2.05, 4.69) is 16.0 Å². The van der Waals surface area contributed by atoms with Gasteiger partial charge in [-0.3, -0.25) is 14.5 Å². The molecule has 1 saturated heterocycles. The Balaban J connectivity index is 1.55. The van der Waals surface area contributed by atoms with Crippen LogP contribution in [0.25, 0.3) is 0 Å². The SMILES string of the molecule is CC(C)CNC(=O)Nc1ccc(C(=O)N2CCN(Cc3ccc(C(=O)NC(C)(C)C)o3)CC2)c(F)c1F. The zero-order valence-electron chi connectivity index (χ0n) is 21.9. The summed E-state index contributed by atoms with van der Waals surface area (Å²) in [6.07, 6.45) is 0. The molecule has 1 fully saturated rings. The fraction of sp³-hybridized carbons (Fsp3) is 0.500. The zero-order chi connectivity index (χ0) is 27.3. The normalized spacial score (nSPS) is 14.5. The predicted octanol–water partition coefficient (Wildman–Crippen LogP) is 3.82. The van der Waals surface area contributed by atoms with Crippen LogP contribution in [0.2, 0.25) is 0 Å². The molecule has 11 heteroatoms. The molecule has 0 radical (unpaired) electrons. The van der Waals surface area contributed by atoms with Gasteiger partial charge < -0.3 is 25.3 Å². The molecule has 2 heterocycles. The van der Waals surface area contributed by atoms with E-state index in [4.69, 9.17) is 4.42 Å². The van der Waals surface area contributed by atoms with Gasteiger partial charge in [0, 0.05) is 38.3 Å². The van der Waals surface area contributed by atoms with Crippen molar-refractivity contribution in [1.82, 2.24) is 20.4 Å². The van der Waals surface area contributed by atoms with Crippen LogP contribution in [0.4, 0.5) is 19.3 Å². The zero-order valence-corrected chi connectivity index (χ0v) is 21.9. The third-order valence-corrected chi connectivity index (χ3v) is 5.64. The number of carbonyl (C=O) groups is 3. The van der Waals surface area contributed by atoms with E-state index < -0.39 is 23.6 Å². The summed E-state index contributed by atoms with van der Waals surface area (Å²) in [6.45, 7) is 11.9. The highest BCUT2D eigenvalue weighted by Gasteiger charge is 2.27. The molecule has 2 aromatic rings. The van der Waals surface area contributed by atoms with E-state index in [0.29, 0.717) is 45.0 Å². The topological polar surface area (TPSA) is 107 Å². The van der Waals surface area contributed by atoms with Gasteiger partial charge in [-0.1, -0.05) is 13.8 Å². The van der Waals surface area contributed by atoms with Gasteiger partial charge in [-0.2, -0.15) is 0 Å². The van der Waals surface area contributed by atoms with Gasteiger partial charge in [0.05, 0.1) is 17.8 Å². The second-order valence-corrected chi connectivity index (χ2v) is 10.6. The maximum atomic E-state index is 14.7. The van der Waals surface area contributed by atoms with Gasteiger partial charge in [0.15, 0.2) is 17.4 Å². The van der Waals surface area contributed by atoms with E-state index in [1.807, 2.05) is 39.5 Å². The quantitative estimate of drug-likeness (QED) is 0.516. The monoisotopic (exact) mass is 519 g/mol. The fourth-order valence-corrected chi connectivity index (χ4v) is 3.76. The maximum absolute atomic E-state index is 14.7. The second kappa shape index (κ2) is 11.7. The fourth-order valence-electron chi connectivity index (χ4n) is 3.76. The van der Waals surface area contributed by atoms with Crippen LogP contribution in [0.5, 0.6) is 0 Å². The van der Waals surface area contributed by atoms with Crippen LogP contribution in [-0.4, -0.2) is 65.9 Å². The molecule has 1 aromatic carbocycles. The Morgan fingerprint density at radius 1 is 1.00 bits per heavy atom. The van der Waals surface area contributed by atoms with E-state index in [-0.39, 0.29) is 34.4 Å². The summed E-state index contributed by atoms with van der Waals surface area (Å²) >= 11 is 0. The summed E-state index contributed by atoms with van der Waals surface area (Å²) in [5, 5.41) is 7.67. The first-order valence-corrected chi connectivity index (χ1v) is 12.3. The molecular formula is C26H35F2N5O4. The summed E-state index contributed by atoms with van der Waals surface area (Å²) in [4.78, 5) is 40.5. The highest BCUT2D eigenvalue weighted by atomic mass is 19.2. The smallest absolute Gasteiger partial charge is 0.319 e. The summed E-state index contributed by atoms with van der Waals surface area (Å²) in [7, 11) is 0. The van der Waals surface area contributed by atoms with Crippen molar-refractivity contribution in [3.63, 3.8) is 0 Å². The standard InChI is InChI=1S/C26H35F2N5O4/c1-16(2)14-29-25(36)30-19-8-7-18(21(27)22(19)28)24(35)33-12-10-32(11-13-33)15-17-6-9-20(37-17)23(34)31-26(3,4)5/h6-9,16H,10-15H2,1-5H3,(H,31,34)(H2,29,30,36). The Bertz CT molecular complexity index is 1130. The van der Waals surface area contributed by atoms with Crippen molar-refractivity contribution in [3.05, 3.63) is 53.0 Å². The predicted molar refractivity (Wildman–Crippen MR) is 135 cm³/mol. The Morgan fingerprint density at radius 2 is 1.68 bits per heavy atom. The van der Waals surface area contributed by atoms with Crippen molar-refractivity contribution in [3.8, 4) is 0 Å². The molecular weight excluding hydrogens is 484 g/mol. The third kappa shape index (κ3) is 7.75. The number of nitrogens with zero attached hydrogens (tertiary/aromatic N) is 2. The number of hydrogen-bond acceptors (Lipinski definition) is 5. The van der Waals surface area contributed by atoms with Crippen LogP contribution in [0.1, 0.15) is 61.3 Å². The Labute approximate surface area is 215 Å². The molecule has 4 amide bonds. The molecule has 0 atom stereocenters. The highest BCUT2D eigenvalue weighted by Crippen LogP contribution is 2.23. The Hall–Kier alpha value is -3.47. The van der Waals surface area contributed by atoms with E-state index >= 15 is 0 Å². The van der Waals surface area contributed by atoms with Gasteiger partial charge in [-0.15, -0.1) is 0 Å². The molecule has 202 valence electrons. The lowest BCUT2D eigenvalue weighted by Gasteiger charge is -2.34. The number of benzene rings is 1.